The lowest BCUT2D eigenvalue weighted by Gasteiger charge is -2.38. The standard InChI is InChI=1S/C14H15NO4/c1-9-15-11-4-3-10(5-12(11)19-9)6-14(7-18-8-14)13(16)17-2/h3-5H,6-8H2,1-2H3. The smallest absolute Gasteiger partial charge is 0.316 e. The summed E-state index contributed by atoms with van der Waals surface area (Å²) in [6.07, 6.45) is 0.593. The van der Waals surface area contributed by atoms with Crippen LogP contribution in [-0.4, -0.2) is 31.3 Å². The van der Waals surface area contributed by atoms with Gasteiger partial charge in [-0.3, -0.25) is 4.79 Å². The molecule has 0 unspecified atom stereocenters. The summed E-state index contributed by atoms with van der Waals surface area (Å²) in [7, 11) is 1.41. The van der Waals surface area contributed by atoms with Gasteiger partial charge in [-0.1, -0.05) is 6.07 Å². The van der Waals surface area contributed by atoms with Crippen molar-refractivity contribution in [2.45, 2.75) is 13.3 Å². The van der Waals surface area contributed by atoms with Gasteiger partial charge < -0.3 is 13.9 Å². The van der Waals surface area contributed by atoms with Gasteiger partial charge in [-0.15, -0.1) is 0 Å². The average Bonchev–Trinajstić information content (AvgIpc) is 2.72. The van der Waals surface area contributed by atoms with Gasteiger partial charge in [0.05, 0.1) is 20.3 Å². The van der Waals surface area contributed by atoms with E-state index < -0.39 is 5.41 Å². The highest BCUT2D eigenvalue weighted by molar-refractivity contribution is 5.79. The molecule has 1 saturated heterocycles. The first-order valence-corrected chi connectivity index (χ1v) is 6.15. The van der Waals surface area contributed by atoms with Crippen LogP contribution in [0.5, 0.6) is 0 Å². The Hall–Kier alpha value is -1.88. The van der Waals surface area contributed by atoms with Crippen LogP contribution in [0, 0.1) is 12.3 Å². The number of hydrogen-bond acceptors (Lipinski definition) is 5. The molecule has 0 aliphatic carbocycles. The third-order valence-corrected chi connectivity index (χ3v) is 3.48. The lowest BCUT2D eigenvalue weighted by Crippen LogP contribution is -2.51. The Morgan fingerprint density at radius 1 is 1.47 bits per heavy atom. The van der Waals surface area contributed by atoms with Crippen molar-refractivity contribution in [3.05, 3.63) is 29.7 Å². The van der Waals surface area contributed by atoms with E-state index in [1.165, 1.54) is 7.11 Å². The topological polar surface area (TPSA) is 61.6 Å². The number of hydrogen-bond donors (Lipinski definition) is 0. The number of nitrogens with zero attached hydrogens (tertiary/aromatic N) is 1. The summed E-state index contributed by atoms with van der Waals surface area (Å²) in [5.41, 5.74) is 2.06. The second-order valence-corrected chi connectivity index (χ2v) is 4.98. The largest absolute Gasteiger partial charge is 0.468 e. The highest BCUT2D eigenvalue weighted by Gasteiger charge is 2.47. The summed E-state index contributed by atoms with van der Waals surface area (Å²) in [6.45, 7) is 2.63. The number of oxazole rings is 1. The minimum Gasteiger partial charge on any atom is -0.468 e. The molecule has 0 bridgehead atoms. The number of fused-ring (bicyclic) bond motifs is 1. The predicted octanol–water partition coefficient (Wildman–Crippen LogP) is 1.87. The molecule has 0 spiro atoms. The van der Waals surface area contributed by atoms with Crippen molar-refractivity contribution < 1.29 is 18.7 Å². The average molecular weight is 261 g/mol. The van der Waals surface area contributed by atoms with Crippen LogP contribution < -0.4 is 0 Å². The third-order valence-electron chi connectivity index (χ3n) is 3.48. The monoisotopic (exact) mass is 261 g/mol. The normalized spacial score (nSPS) is 17.2. The first-order chi connectivity index (χ1) is 9.13. The molecule has 1 fully saturated rings. The fourth-order valence-electron chi connectivity index (χ4n) is 2.44. The van der Waals surface area contributed by atoms with E-state index in [4.69, 9.17) is 13.9 Å². The van der Waals surface area contributed by atoms with Crippen LogP contribution in [-0.2, 0) is 20.7 Å². The molecular formula is C14H15NO4. The molecule has 1 aliphatic rings. The van der Waals surface area contributed by atoms with Crippen LogP contribution in [0.2, 0.25) is 0 Å². The number of ether oxygens (including phenoxy) is 2. The van der Waals surface area contributed by atoms with Crippen molar-refractivity contribution in [3.63, 3.8) is 0 Å². The van der Waals surface area contributed by atoms with Gasteiger partial charge in [0.2, 0.25) is 0 Å². The quantitative estimate of drug-likeness (QED) is 0.789. The van der Waals surface area contributed by atoms with Gasteiger partial charge in [0.1, 0.15) is 10.9 Å². The first kappa shape index (κ1) is 12.2. The predicted molar refractivity (Wildman–Crippen MR) is 67.7 cm³/mol. The number of aromatic nitrogens is 1. The van der Waals surface area contributed by atoms with Gasteiger partial charge in [0.15, 0.2) is 11.5 Å². The van der Waals surface area contributed by atoms with Gasteiger partial charge >= 0.3 is 5.97 Å². The van der Waals surface area contributed by atoms with Crippen molar-refractivity contribution >= 4 is 17.1 Å². The molecule has 0 N–H and O–H groups in total. The minimum absolute atomic E-state index is 0.215. The summed E-state index contributed by atoms with van der Waals surface area (Å²) in [6, 6.07) is 5.80. The molecule has 1 aromatic carbocycles. The van der Waals surface area contributed by atoms with Crippen molar-refractivity contribution in [2.24, 2.45) is 5.41 Å². The second-order valence-electron chi connectivity index (χ2n) is 4.98. The van der Waals surface area contributed by atoms with E-state index in [-0.39, 0.29) is 5.97 Å². The van der Waals surface area contributed by atoms with Crippen molar-refractivity contribution in [3.8, 4) is 0 Å². The lowest BCUT2D eigenvalue weighted by atomic mass is 9.80. The number of carbonyl (C=O) groups excluding carboxylic acids is 1. The molecule has 5 heteroatoms. The van der Waals surface area contributed by atoms with Crippen molar-refractivity contribution in [1.29, 1.82) is 0 Å². The fourth-order valence-corrected chi connectivity index (χ4v) is 2.44. The molecule has 2 heterocycles. The molecule has 19 heavy (non-hydrogen) atoms. The van der Waals surface area contributed by atoms with E-state index in [2.05, 4.69) is 4.98 Å². The Kier molecular flexibility index (Phi) is 2.78. The summed E-state index contributed by atoms with van der Waals surface area (Å²) < 4.78 is 15.6. The lowest BCUT2D eigenvalue weighted by molar-refractivity contribution is -0.182. The Morgan fingerprint density at radius 2 is 2.26 bits per heavy atom. The maximum atomic E-state index is 11.9. The molecule has 0 radical (unpaired) electrons. The zero-order chi connectivity index (χ0) is 13.5. The number of rotatable bonds is 3. The van der Waals surface area contributed by atoms with Crippen LogP contribution in [0.3, 0.4) is 0 Å². The zero-order valence-electron chi connectivity index (χ0n) is 10.9. The molecule has 0 saturated carbocycles. The summed E-state index contributed by atoms with van der Waals surface area (Å²) in [5, 5.41) is 0. The van der Waals surface area contributed by atoms with Gasteiger partial charge in [0.25, 0.3) is 0 Å². The third kappa shape index (κ3) is 2.00. The molecule has 100 valence electrons. The summed E-state index contributed by atoms with van der Waals surface area (Å²) >= 11 is 0. The number of benzene rings is 1. The molecule has 1 aliphatic heterocycles. The Labute approximate surface area is 110 Å². The van der Waals surface area contributed by atoms with Crippen molar-refractivity contribution in [1.82, 2.24) is 4.98 Å². The van der Waals surface area contributed by atoms with Gasteiger partial charge in [-0.25, -0.2) is 4.98 Å². The highest BCUT2D eigenvalue weighted by Crippen LogP contribution is 2.34. The van der Waals surface area contributed by atoms with Gasteiger partial charge in [-0.2, -0.15) is 0 Å². The molecular weight excluding hydrogens is 246 g/mol. The second kappa shape index (κ2) is 4.35. The van der Waals surface area contributed by atoms with Gasteiger partial charge in [-0.05, 0) is 24.1 Å². The zero-order valence-corrected chi connectivity index (χ0v) is 10.9. The maximum Gasteiger partial charge on any atom is 0.316 e. The number of aryl methyl sites for hydroxylation is 1. The molecule has 3 rings (SSSR count). The van der Waals surface area contributed by atoms with Crippen molar-refractivity contribution in [2.75, 3.05) is 20.3 Å². The van der Waals surface area contributed by atoms with Crippen LogP contribution in [0.4, 0.5) is 0 Å². The first-order valence-electron chi connectivity index (χ1n) is 6.15. The highest BCUT2D eigenvalue weighted by atomic mass is 16.5. The van der Waals surface area contributed by atoms with Gasteiger partial charge in [0, 0.05) is 6.92 Å². The Balaban J connectivity index is 1.89. The Morgan fingerprint density at radius 3 is 2.89 bits per heavy atom. The fraction of sp³-hybridized carbons (Fsp3) is 0.429. The van der Waals surface area contributed by atoms with E-state index in [1.54, 1.807) is 0 Å². The number of carbonyl (C=O) groups is 1. The number of esters is 1. The van der Waals surface area contributed by atoms with E-state index in [1.807, 2.05) is 25.1 Å². The molecule has 2 aromatic rings. The van der Waals surface area contributed by atoms with Crippen LogP contribution in [0.15, 0.2) is 22.6 Å². The Bertz CT molecular complexity index is 627. The SMILES string of the molecule is COC(=O)C1(Cc2ccc3nc(C)oc3c2)COC1. The van der Waals surface area contributed by atoms with E-state index in [0.717, 1.165) is 16.7 Å². The molecule has 0 atom stereocenters. The summed E-state index contributed by atoms with van der Waals surface area (Å²) in [5.74, 6) is 0.425. The minimum atomic E-state index is -0.544. The van der Waals surface area contributed by atoms with E-state index in [9.17, 15) is 4.79 Å². The van der Waals surface area contributed by atoms with E-state index >= 15 is 0 Å². The van der Waals surface area contributed by atoms with Crippen LogP contribution >= 0.6 is 0 Å². The van der Waals surface area contributed by atoms with Crippen LogP contribution in [0.25, 0.3) is 11.1 Å². The maximum absolute atomic E-state index is 11.9. The molecule has 1 aromatic heterocycles. The summed E-state index contributed by atoms with van der Waals surface area (Å²) in [4.78, 5) is 16.1. The molecule has 0 amide bonds. The van der Waals surface area contributed by atoms with Crippen LogP contribution in [0.1, 0.15) is 11.5 Å². The number of methoxy groups -OCH3 is 1. The van der Waals surface area contributed by atoms with E-state index in [0.29, 0.717) is 25.5 Å². The molecule has 5 nitrogen and oxygen atoms in total.